The monoisotopic (exact) mass is 491 g/mol. The van der Waals surface area contributed by atoms with E-state index in [2.05, 4.69) is 4.98 Å². The number of thioether (sulfide) groups is 1. The summed E-state index contributed by atoms with van der Waals surface area (Å²) in [5.74, 6) is -0.567. The molecule has 0 saturated carbocycles. The number of rotatable bonds is 9. The molecule has 0 N–H and O–H groups in total. The number of fused-ring (bicyclic) bond motifs is 1. The average Bonchev–Trinajstić information content (AvgIpc) is 3.45. The number of nitrogens with zero attached hydrogens (tertiary/aromatic N) is 3. The summed E-state index contributed by atoms with van der Waals surface area (Å²) in [7, 11) is 0. The average molecular weight is 492 g/mol. The molecule has 0 spiro atoms. The Bertz CT molecular complexity index is 1340. The van der Waals surface area contributed by atoms with Gasteiger partial charge >= 0.3 is 5.97 Å². The van der Waals surface area contributed by atoms with Crippen LogP contribution in [0.5, 0.6) is 0 Å². The molecule has 2 aromatic heterocycles. The number of hydrogen-bond donors (Lipinski definition) is 0. The molecule has 172 valence electrons. The number of hydrogen-bond acceptors (Lipinski definition) is 8. The minimum atomic E-state index is -0.705. The van der Waals surface area contributed by atoms with E-state index in [4.69, 9.17) is 14.4 Å². The van der Waals surface area contributed by atoms with Crippen LogP contribution in [0.15, 0.2) is 68.7 Å². The van der Waals surface area contributed by atoms with E-state index in [9.17, 15) is 9.59 Å². The Kier molecular flexibility index (Phi) is 7.62. The number of aromatic nitrogens is 1. The Morgan fingerprint density at radius 1 is 1.18 bits per heavy atom. The molecule has 0 aliphatic carbocycles. The summed E-state index contributed by atoms with van der Waals surface area (Å²) < 4.78 is 12.1. The van der Waals surface area contributed by atoms with Gasteiger partial charge in [0.25, 0.3) is 5.91 Å². The molecule has 0 bridgehead atoms. The summed E-state index contributed by atoms with van der Waals surface area (Å²) in [5.41, 5.74) is 2.86. The fourth-order valence-electron chi connectivity index (χ4n) is 3.38. The number of furan rings is 1. The molecule has 4 rings (SSSR count). The maximum atomic E-state index is 13.0. The van der Waals surface area contributed by atoms with Crippen molar-refractivity contribution in [1.82, 2.24) is 4.98 Å². The SMILES string of the molecule is Cc1csc(SCc2c(C(=O)OCC(=O)N(CCC#N)c3ccccc3)oc3ccccc23)n1. The van der Waals surface area contributed by atoms with E-state index in [1.165, 1.54) is 16.7 Å². The zero-order valence-electron chi connectivity index (χ0n) is 18.4. The first-order chi connectivity index (χ1) is 16.6. The van der Waals surface area contributed by atoms with E-state index < -0.39 is 18.5 Å². The van der Waals surface area contributed by atoms with Crippen LogP contribution in [0, 0.1) is 18.3 Å². The van der Waals surface area contributed by atoms with Gasteiger partial charge in [-0.05, 0) is 25.1 Å². The topological polar surface area (TPSA) is 96.4 Å². The lowest BCUT2D eigenvalue weighted by Crippen LogP contribution is -2.35. The Morgan fingerprint density at radius 3 is 2.68 bits per heavy atom. The molecule has 0 radical (unpaired) electrons. The predicted octanol–water partition coefficient (Wildman–Crippen LogP) is 5.59. The van der Waals surface area contributed by atoms with Gasteiger partial charge in [0.1, 0.15) is 9.92 Å². The minimum absolute atomic E-state index is 0.0815. The van der Waals surface area contributed by atoms with Crippen molar-refractivity contribution in [1.29, 1.82) is 5.26 Å². The van der Waals surface area contributed by atoms with Gasteiger partial charge in [-0.1, -0.05) is 48.2 Å². The van der Waals surface area contributed by atoms with E-state index in [-0.39, 0.29) is 18.7 Å². The highest BCUT2D eigenvalue weighted by molar-refractivity contribution is 8.00. The number of esters is 1. The maximum absolute atomic E-state index is 13.0. The number of ether oxygens (including phenoxy) is 1. The second-order valence-electron chi connectivity index (χ2n) is 7.31. The lowest BCUT2D eigenvalue weighted by atomic mass is 10.1. The van der Waals surface area contributed by atoms with Gasteiger partial charge in [-0.2, -0.15) is 5.26 Å². The van der Waals surface area contributed by atoms with Crippen LogP contribution in [0.4, 0.5) is 5.69 Å². The van der Waals surface area contributed by atoms with Gasteiger partial charge in [-0.15, -0.1) is 11.3 Å². The van der Waals surface area contributed by atoms with Crippen LogP contribution >= 0.6 is 23.1 Å². The lowest BCUT2D eigenvalue weighted by molar-refractivity contribution is -0.121. The van der Waals surface area contributed by atoms with Crippen molar-refractivity contribution < 1.29 is 18.7 Å². The molecular weight excluding hydrogens is 470 g/mol. The molecular formula is C25H21N3O4S2. The highest BCUT2D eigenvalue weighted by atomic mass is 32.2. The summed E-state index contributed by atoms with van der Waals surface area (Å²) in [6, 6.07) is 18.4. The van der Waals surface area contributed by atoms with Gasteiger partial charge in [0.05, 0.1) is 12.5 Å². The quantitative estimate of drug-likeness (QED) is 0.222. The van der Waals surface area contributed by atoms with Crippen LogP contribution in [-0.2, 0) is 15.3 Å². The standard InChI is InChI=1S/C25H21N3O4S2/c1-17-15-33-25(27-17)34-16-20-19-10-5-6-11-21(19)32-23(20)24(30)31-14-22(29)28(13-7-12-26)18-8-3-2-4-9-18/h2-6,8-11,15H,7,13-14,16H2,1H3. The first-order valence-corrected chi connectivity index (χ1v) is 12.4. The van der Waals surface area contributed by atoms with Gasteiger partial charge in [0.15, 0.2) is 6.61 Å². The van der Waals surface area contributed by atoms with E-state index >= 15 is 0 Å². The van der Waals surface area contributed by atoms with Crippen LogP contribution in [0.25, 0.3) is 11.0 Å². The molecule has 0 unspecified atom stereocenters. The van der Waals surface area contributed by atoms with Crippen molar-refractivity contribution in [3.63, 3.8) is 0 Å². The van der Waals surface area contributed by atoms with Gasteiger partial charge in [-0.3, -0.25) is 4.79 Å². The number of amides is 1. The Balaban J connectivity index is 1.50. The van der Waals surface area contributed by atoms with Crippen molar-refractivity contribution in [2.24, 2.45) is 0 Å². The maximum Gasteiger partial charge on any atom is 0.375 e. The second kappa shape index (κ2) is 11.0. The Hall–Kier alpha value is -3.61. The highest BCUT2D eigenvalue weighted by Gasteiger charge is 2.24. The minimum Gasteiger partial charge on any atom is -0.450 e. The molecule has 0 aliphatic rings. The molecule has 34 heavy (non-hydrogen) atoms. The third-order valence-corrected chi connectivity index (χ3v) is 7.13. The highest BCUT2D eigenvalue weighted by Crippen LogP contribution is 2.33. The second-order valence-corrected chi connectivity index (χ2v) is 9.40. The first kappa shape index (κ1) is 23.5. The van der Waals surface area contributed by atoms with Crippen molar-refractivity contribution in [2.75, 3.05) is 18.1 Å². The number of benzene rings is 2. The summed E-state index contributed by atoms with van der Waals surface area (Å²) in [4.78, 5) is 31.7. The van der Waals surface area contributed by atoms with Gasteiger partial charge in [0, 0.05) is 40.0 Å². The third-order valence-electron chi connectivity index (χ3n) is 4.96. The number of carbonyl (C=O) groups excluding carboxylic acids is 2. The van der Waals surface area contributed by atoms with E-state index in [0.29, 0.717) is 22.6 Å². The van der Waals surface area contributed by atoms with Crippen molar-refractivity contribution in [3.05, 3.63) is 77.0 Å². The van der Waals surface area contributed by atoms with Crippen molar-refractivity contribution in [3.8, 4) is 6.07 Å². The smallest absolute Gasteiger partial charge is 0.375 e. The van der Waals surface area contributed by atoms with Crippen LogP contribution < -0.4 is 4.90 Å². The zero-order chi connectivity index (χ0) is 23.9. The molecule has 0 saturated heterocycles. The predicted molar refractivity (Wildman–Crippen MR) is 132 cm³/mol. The number of aryl methyl sites for hydroxylation is 1. The van der Waals surface area contributed by atoms with Crippen LogP contribution in [0.2, 0.25) is 0 Å². The van der Waals surface area contributed by atoms with Crippen LogP contribution in [-0.4, -0.2) is 30.0 Å². The largest absolute Gasteiger partial charge is 0.450 e. The van der Waals surface area contributed by atoms with Gasteiger partial charge in [0.2, 0.25) is 5.76 Å². The van der Waals surface area contributed by atoms with Crippen LogP contribution in [0.3, 0.4) is 0 Å². The summed E-state index contributed by atoms with van der Waals surface area (Å²) in [6.07, 6.45) is 0.162. The van der Waals surface area contributed by atoms with Crippen molar-refractivity contribution >= 4 is 51.6 Å². The van der Waals surface area contributed by atoms with Crippen molar-refractivity contribution in [2.45, 2.75) is 23.4 Å². The zero-order valence-corrected chi connectivity index (χ0v) is 20.0. The number of para-hydroxylation sites is 2. The summed E-state index contributed by atoms with van der Waals surface area (Å²) in [5, 5.41) is 11.7. The molecule has 0 aliphatic heterocycles. The molecule has 0 atom stereocenters. The summed E-state index contributed by atoms with van der Waals surface area (Å²) in [6.45, 7) is 1.67. The Labute approximate surface area is 205 Å². The van der Waals surface area contributed by atoms with Gasteiger partial charge in [-0.25, -0.2) is 9.78 Å². The number of carbonyl (C=O) groups is 2. The number of thiazole rings is 1. The van der Waals surface area contributed by atoms with E-state index in [1.807, 2.05) is 42.6 Å². The lowest BCUT2D eigenvalue weighted by Gasteiger charge is -2.21. The molecule has 9 heteroatoms. The molecule has 2 aromatic carbocycles. The van der Waals surface area contributed by atoms with E-state index in [1.54, 1.807) is 41.7 Å². The molecule has 7 nitrogen and oxygen atoms in total. The van der Waals surface area contributed by atoms with Crippen LogP contribution in [0.1, 0.15) is 28.2 Å². The summed E-state index contributed by atoms with van der Waals surface area (Å²) >= 11 is 3.06. The molecule has 2 heterocycles. The van der Waals surface area contributed by atoms with E-state index in [0.717, 1.165) is 15.4 Å². The Morgan fingerprint density at radius 2 is 1.94 bits per heavy atom. The molecule has 4 aromatic rings. The fourth-order valence-corrected chi connectivity index (χ4v) is 5.25. The number of nitriles is 1. The number of anilines is 1. The normalized spacial score (nSPS) is 10.7. The first-order valence-electron chi connectivity index (χ1n) is 10.5. The third kappa shape index (κ3) is 5.47. The fraction of sp³-hybridized carbons (Fsp3) is 0.200. The molecule has 1 amide bonds. The molecule has 0 fully saturated rings. The van der Waals surface area contributed by atoms with Gasteiger partial charge < -0.3 is 14.1 Å².